The van der Waals surface area contributed by atoms with E-state index in [1.807, 2.05) is 0 Å². The van der Waals surface area contributed by atoms with E-state index in [0.717, 1.165) is 55.5 Å². The standard InChI is InChI=1S/C24H28N4OS/c25-21-19-14-17-8-4-5-9-20(17)27-24(19)30-22(21)23(29)26-18-10-12-28(13-11-18)15-16-6-2-1-3-7-16/h1-3,6-7,14,18H,4-5,8-13,15,25H2,(H,26,29). The average Bonchev–Trinajstić information content (AvgIpc) is 3.10. The SMILES string of the molecule is Nc1c(C(=O)NC2CCN(Cc3ccccc3)CC2)sc2nc3c(cc12)CCCC3. The Morgan fingerprint density at radius 3 is 2.73 bits per heavy atom. The number of piperidine rings is 1. The minimum atomic E-state index is -0.0463. The molecule has 0 bridgehead atoms. The molecular formula is C24H28N4OS. The Kier molecular flexibility index (Phi) is 5.44. The molecule has 1 fully saturated rings. The van der Waals surface area contributed by atoms with Gasteiger partial charge in [0.15, 0.2) is 0 Å². The van der Waals surface area contributed by atoms with Crippen LogP contribution in [0.3, 0.4) is 0 Å². The Morgan fingerprint density at radius 2 is 1.93 bits per heavy atom. The molecule has 3 N–H and O–H groups in total. The van der Waals surface area contributed by atoms with Crippen LogP contribution < -0.4 is 11.1 Å². The molecule has 0 saturated carbocycles. The monoisotopic (exact) mass is 420 g/mol. The molecule has 5 nitrogen and oxygen atoms in total. The summed E-state index contributed by atoms with van der Waals surface area (Å²) in [5.41, 5.74) is 10.8. The summed E-state index contributed by atoms with van der Waals surface area (Å²) in [6, 6.07) is 12.9. The largest absolute Gasteiger partial charge is 0.397 e. The number of amides is 1. The number of fused-ring (bicyclic) bond motifs is 2. The Labute approximate surface area is 181 Å². The van der Waals surface area contributed by atoms with E-state index in [0.29, 0.717) is 10.6 Å². The van der Waals surface area contributed by atoms with Gasteiger partial charge < -0.3 is 11.1 Å². The van der Waals surface area contributed by atoms with Gasteiger partial charge in [-0.3, -0.25) is 9.69 Å². The molecule has 5 rings (SSSR count). The highest BCUT2D eigenvalue weighted by Crippen LogP contribution is 2.35. The summed E-state index contributed by atoms with van der Waals surface area (Å²) in [5, 5.41) is 4.18. The molecule has 2 aromatic heterocycles. The molecule has 1 aliphatic heterocycles. The van der Waals surface area contributed by atoms with Crippen LogP contribution in [0.4, 0.5) is 5.69 Å². The van der Waals surface area contributed by atoms with Crippen LogP contribution in [0.2, 0.25) is 0 Å². The molecule has 0 atom stereocenters. The number of nitrogens with zero attached hydrogens (tertiary/aromatic N) is 2. The molecule has 30 heavy (non-hydrogen) atoms. The molecule has 1 aromatic carbocycles. The summed E-state index contributed by atoms with van der Waals surface area (Å²) < 4.78 is 0. The van der Waals surface area contributed by atoms with E-state index in [2.05, 4.69) is 46.6 Å². The number of nitrogens with one attached hydrogen (secondary N) is 1. The summed E-state index contributed by atoms with van der Waals surface area (Å²) >= 11 is 1.44. The topological polar surface area (TPSA) is 71.2 Å². The number of aryl methyl sites for hydroxylation is 2. The first-order chi connectivity index (χ1) is 14.7. The van der Waals surface area contributed by atoms with Crippen molar-refractivity contribution in [2.45, 2.75) is 51.1 Å². The molecule has 0 radical (unpaired) electrons. The second-order valence-corrected chi connectivity index (χ2v) is 9.51. The highest BCUT2D eigenvalue weighted by atomic mass is 32.1. The zero-order chi connectivity index (χ0) is 20.5. The maximum atomic E-state index is 13.0. The molecule has 1 aliphatic carbocycles. The van der Waals surface area contributed by atoms with Crippen LogP contribution in [0.5, 0.6) is 0 Å². The van der Waals surface area contributed by atoms with Gasteiger partial charge in [-0.1, -0.05) is 30.3 Å². The Hall–Kier alpha value is -2.44. The number of likely N-dealkylation sites (tertiary alicyclic amines) is 1. The van der Waals surface area contributed by atoms with E-state index in [-0.39, 0.29) is 11.9 Å². The first-order valence-electron chi connectivity index (χ1n) is 11.0. The van der Waals surface area contributed by atoms with E-state index >= 15 is 0 Å². The Bertz CT molecular complexity index is 1050. The third kappa shape index (κ3) is 3.94. The number of benzene rings is 1. The summed E-state index contributed by atoms with van der Waals surface area (Å²) in [6.45, 7) is 2.97. The van der Waals surface area contributed by atoms with Gasteiger partial charge in [0, 0.05) is 36.8 Å². The zero-order valence-electron chi connectivity index (χ0n) is 17.2. The first-order valence-corrected chi connectivity index (χ1v) is 11.8. The number of thiophene rings is 1. The lowest BCUT2D eigenvalue weighted by atomic mass is 9.95. The molecule has 156 valence electrons. The fourth-order valence-corrected chi connectivity index (χ4v) is 5.66. The fourth-order valence-electron chi connectivity index (χ4n) is 4.66. The van der Waals surface area contributed by atoms with Gasteiger partial charge >= 0.3 is 0 Å². The maximum absolute atomic E-state index is 13.0. The minimum Gasteiger partial charge on any atom is -0.397 e. The average molecular weight is 421 g/mol. The number of nitrogen functional groups attached to an aromatic ring is 1. The van der Waals surface area contributed by atoms with E-state index < -0.39 is 0 Å². The third-order valence-corrected chi connectivity index (χ3v) is 7.49. The zero-order valence-corrected chi connectivity index (χ0v) is 18.0. The summed E-state index contributed by atoms with van der Waals surface area (Å²) in [5.74, 6) is -0.0463. The smallest absolute Gasteiger partial charge is 0.263 e. The fraction of sp³-hybridized carbons (Fsp3) is 0.417. The predicted molar refractivity (Wildman–Crippen MR) is 123 cm³/mol. The predicted octanol–water partition coefficient (Wildman–Crippen LogP) is 4.15. The van der Waals surface area contributed by atoms with Crippen molar-refractivity contribution in [1.82, 2.24) is 15.2 Å². The van der Waals surface area contributed by atoms with Crippen molar-refractivity contribution in [2.75, 3.05) is 18.8 Å². The number of aromatic nitrogens is 1. The van der Waals surface area contributed by atoms with Crippen molar-refractivity contribution in [3.8, 4) is 0 Å². The Balaban J connectivity index is 1.24. The van der Waals surface area contributed by atoms with E-state index in [9.17, 15) is 4.79 Å². The van der Waals surface area contributed by atoms with Gasteiger partial charge in [-0.05, 0) is 55.7 Å². The minimum absolute atomic E-state index is 0.0463. The van der Waals surface area contributed by atoms with Gasteiger partial charge in [0.2, 0.25) is 0 Å². The number of hydrogen-bond donors (Lipinski definition) is 2. The van der Waals surface area contributed by atoms with E-state index in [1.165, 1.54) is 41.0 Å². The summed E-state index contributed by atoms with van der Waals surface area (Å²) in [4.78, 5) is 21.8. The van der Waals surface area contributed by atoms with E-state index in [4.69, 9.17) is 10.7 Å². The summed E-state index contributed by atoms with van der Waals surface area (Å²) in [6.07, 6.45) is 6.44. The molecule has 3 aromatic rings. The van der Waals surface area contributed by atoms with E-state index in [1.54, 1.807) is 0 Å². The number of carbonyl (C=O) groups excluding carboxylic acids is 1. The molecule has 2 aliphatic rings. The number of anilines is 1. The molecular weight excluding hydrogens is 392 g/mol. The van der Waals surface area contributed by atoms with Crippen LogP contribution >= 0.6 is 11.3 Å². The van der Waals surface area contributed by atoms with Gasteiger partial charge in [0.1, 0.15) is 9.71 Å². The molecule has 0 unspecified atom stereocenters. The van der Waals surface area contributed by atoms with Crippen molar-refractivity contribution in [3.63, 3.8) is 0 Å². The van der Waals surface area contributed by atoms with Crippen LogP contribution in [-0.2, 0) is 19.4 Å². The number of rotatable bonds is 4. The summed E-state index contributed by atoms with van der Waals surface area (Å²) in [7, 11) is 0. The number of pyridine rings is 1. The first kappa shape index (κ1) is 19.5. The van der Waals surface area contributed by atoms with Crippen LogP contribution in [0.15, 0.2) is 36.4 Å². The van der Waals surface area contributed by atoms with Crippen molar-refractivity contribution in [2.24, 2.45) is 0 Å². The number of hydrogen-bond acceptors (Lipinski definition) is 5. The normalized spacial score (nSPS) is 17.7. The van der Waals surface area contributed by atoms with Crippen molar-refractivity contribution >= 4 is 33.1 Å². The van der Waals surface area contributed by atoms with Crippen LogP contribution in [0.1, 0.15) is 52.2 Å². The second kappa shape index (κ2) is 8.36. The quantitative estimate of drug-likeness (QED) is 0.665. The van der Waals surface area contributed by atoms with Gasteiger partial charge in [-0.15, -0.1) is 11.3 Å². The molecule has 3 heterocycles. The lowest BCUT2D eigenvalue weighted by molar-refractivity contribution is 0.0914. The van der Waals surface area contributed by atoms with Gasteiger partial charge in [-0.25, -0.2) is 4.98 Å². The molecule has 0 spiro atoms. The van der Waals surface area contributed by atoms with Gasteiger partial charge in [-0.2, -0.15) is 0 Å². The van der Waals surface area contributed by atoms with Crippen LogP contribution in [0, 0.1) is 0 Å². The van der Waals surface area contributed by atoms with Crippen LogP contribution in [-0.4, -0.2) is 34.9 Å². The number of carbonyl (C=O) groups is 1. The van der Waals surface area contributed by atoms with Crippen LogP contribution in [0.25, 0.3) is 10.2 Å². The maximum Gasteiger partial charge on any atom is 0.263 e. The lowest BCUT2D eigenvalue weighted by Crippen LogP contribution is -2.44. The lowest BCUT2D eigenvalue weighted by Gasteiger charge is -2.32. The second-order valence-electron chi connectivity index (χ2n) is 8.51. The highest BCUT2D eigenvalue weighted by molar-refractivity contribution is 7.21. The van der Waals surface area contributed by atoms with Gasteiger partial charge in [0.25, 0.3) is 5.91 Å². The highest BCUT2D eigenvalue weighted by Gasteiger charge is 2.25. The van der Waals surface area contributed by atoms with Crippen molar-refractivity contribution < 1.29 is 4.79 Å². The molecule has 1 saturated heterocycles. The van der Waals surface area contributed by atoms with Crippen molar-refractivity contribution in [1.29, 1.82) is 0 Å². The molecule has 6 heteroatoms. The Morgan fingerprint density at radius 1 is 1.17 bits per heavy atom. The molecule has 1 amide bonds. The third-order valence-electron chi connectivity index (χ3n) is 6.38. The van der Waals surface area contributed by atoms with Gasteiger partial charge in [0.05, 0.1) is 5.69 Å². The van der Waals surface area contributed by atoms with Crippen molar-refractivity contribution in [3.05, 3.63) is 58.1 Å². The number of nitrogens with two attached hydrogens (primary N) is 1.